The number of pyridine rings is 1. The van der Waals surface area contributed by atoms with E-state index in [9.17, 15) is 15.0 Å². The van der Waals surface area contributed by atoms with E-state index in [4.69, 9.17) is 27.9 Å². The van der Waals surface area contributed by atoms with Gasteiger partial charge in [-0.2, -0.15) is 0 Å². The van der Waals surface area contributed by atoms with Crippen LogP contribution in [0.5, 0.6) is 0 Å². The predicted molar refractivity (Wildman–Crippen MR) is 115 cm³/mol. The average molecular weight is 452 g/mol. The summed E-state index contributed by atoms with van der Waals surface area (Å²) >= 11 is 12.1. The van der Waals surface area contributed by atoms with Gasteiger partial charge in [0.25, 0.3) is 0 Å². The van der Waals surface area contributed by atoms with Gasteiger partial charge < -0.3 is 20.3 Å². The van der Waals surface area contributed by atoms with E-state index in [1.54, 1.807) is 38.1 Å². The second-order valence-corrected chi connectivity index (χ2v) is 8.40. The number of hydrogen-bond donors (Lipinski definition) is 3. The van der Waals surface area contributed by atoms with E-state index in [1.165, 1.54) is 7.11 Å². The fraction of sp³-hybridized carbons (Fsp3) is 0.381. The molecule has 9 heteroatoms. The molecule has 1 aromatic heterocycles. The molecule has 0 aliphatic carbocycles. The van der Waals surface area contributed by atoms with Crippen LogP contribution in [0, 0.1) is 0 Å². The van der Waals surface area contributed by atoms with Crippen molar-refractivity contribution in [1.29, 1.82) is 0 Å². The molecule has 0 saturated heterocycles. The normalized spacial score (nSPS) is 14.2. The molecule has 160 valence electrons. The number of amides is 1. The molecule has 1 amide bonds. The number of halogens is 2. The third-order valence-corrected chi connectivity index (χ3v) is 5.55. The first-order valence-corrected chi connectivity index (χ1v) is 10.1. The van der Waals surface area contributed by atoms with Crippen molar-refractivity contribution in [2.75, 3.05) is 7.11 Å². The molecule has 1 aromatic carbocycles. The Hall–Kier alpha value is -2.19. The molecule has 0 radical (unpaired) electrons. The predicted octanol–water partition coefficient (Wildman–Crippen LogP) is 2.96. The molecule has 0 spiro atoms. The summed E-state index contributed by atoms with van der Waals surface area (Å²) < 4.78 is 5.23. The maximum Gasteiger partial charge on any atom is 0.226 e. The Balaban J connectivity index is 1.82. The van der Waals surface area contributed by atoms with Gasteiger partial charge in [-0.1, -0.05) is 29.3 Å². The molecule has 1 atom stereocenters. The molecule has 3 N–H and O–H groups in total. The first kappa shape index (κ1) is 22.5. The molecule has 0 fully saturated rings. The Morgan fingerprint density at radius 2 is 2.03 bits per heavy atom. The molecule has 1 aliphatic rings. The lowest BCUT2D eigenvalue weighted by Crippen LogP contribution is -2.42. The Labute approximate surface area is 184 Å². The molecule has 1 aliphatic heterocycles. The highest BCUT2D eigenvalue weighted by molar-refractivity contribution is 6.42. The highest BCUT2D eigenvalue weighted by Gasteiger charge is 2.31. The summed E-state index contributed by atoms with van der Waals surface area (Å²) in [6.07, 6.45) is -0.0313. The number of ether oxygens (including phenoxy) is 1. The van der Waals surface area contributed by atoms with Crippen molar-refractivity contribution in [3.8, 4) is 0 Å². The molecule has 3 rings (SSSR count). The molecule has 0 bridgehead atoms. The Bertz CT molecular complexity index is 1000. The molecule has 2 heterocycles. The van der Waals surface area contributed by atoms with E-state index in [0.717, 1.165) is 5.56 Å². The fourth-order valence-electron chi connectivity index (χ4n) is 3.45. The molecular formula is C21H23Cl2N3O4. The first-order chi connectivity index (χ1) is 14.1. The lowest BCUT2D eigenvalue weighted by atomic mass is 9.91. The number of aliphatic hydroxyl groups excluding tert-OH is 1. The number of aliphatic hydroxyl groups is 2. The van der Waals surface area contributed by atoms with Crippen molar-refractivity contribution < 1.29 is 19.7 Å². The summed E-state index contributed by atoms with van der Waals surface area (Å²) in [4.78, 5) is 21.4. The van der Waals surface area contributed by atoms with Crippen LogP contribution in [0.4, 0.5) is 0 Å². The minimum absolute atomic E-state index is 0.0313. The summed E-state index contributed by atoms with van der Waals surface area (Å²) in [7, 11) is 1.51. The van der Waals surface area contributed by atoms with Crippen LogP contribution in [0.2, 0.25) is 10.0 Å². The van der Waals surface area contributed by atoms with E-state index < -0.39 is 11.6 Å². The van der Waals surface area contributed by atoms with Crippen LogP contribution >= 0.6 is 23.2 Å². The number of methoxy groups -OCH3 is 1. The first-order valence-electron chi connectivity index (χ1n) is 9.32. The summed E-state index contributed by atoms with van der Waals surface area (Å²) in [5.41, 5.74) is 1.80. The summed E-state index contributed by atoms with van der Waals surface area (Å²) in [6.45, 7) is 3.30. The van der Waals surface area contributed by atoms with Crippen molar-refractivity contribution >= 4 is 35.0 Å². The van der Waals surface area contributed by atoms with Gasteiger partial charge in [0.1, 0.15) is 0 Å². The van der Waals surface area contributed by atoms with Crippen LogP contribution in [0.1, 0.15) is 48.0 Å². The third kappa shape index (κ3) is 4.75. The minimum Gasteiger partial charge on any atom is -0.481 e. The zero-order valence-corrected chi connectivity index (χ0v) is 18.4. The molecule has 0 unspecified atom stereocenters. The second-order valence-electron chi connectivity index (χ2n) is 7.58. The number of aliphatic imine (C=N–C) groups is 1. The second kappa shape index (κ2) is 8.89. The van der Waals surface area contributed by atoms with Crippen molar-refractivity contribution in [3.05, 3.63) is 62.4 Å². The maximum atomic E-state index is 12.8. The Morgan fingerprint density at radius 3 is 2.63 bits per heavy atom. The summed E-state index contributed by atoms with van der Waals surface area (Å²) in [6, 6.07) is 6.01. The van der Waals surface area contributed by atoms with E-state index in [-0.39, 0.29) is 18.9 Å². The van der Waals surface area contributed by atoms with Gasteiger partial charge in [-0.25, -0.2) is 4.99 Å². The van der Waals surface area contributed by atoms with Crippen molar-refractivity contribution in [2.24, 2.45) is 4.99 Å². The van der Waals surface area contributed by atoms with Crippen LogP contribution in [0.25, 0.3) is 0 Å². The number of carbonyl (C=O) groups is 1. The number of carbonyl (C=O) groups excluding carboxylic acids is 1. The van der Waals surface area contributed by atoms with Crippen molar-refractivity contribution in [3.63, 3.8) is 0 Å². The number of nitrogens with one attached hydrogen (secondary N) is 1. The van der Waals surface area contributed by atoms with Gasteiger partial charge in [0.2, 0.25) is 11.8 Å². The van der Waals surface area contributed by atoms with Gasteiger partial charge in [-0.3, -0.25) is 9.78 Å². The lowest BCUT2D eigenvalue weighted by Gasteiger charge is -2.31. The molecule has 7 nitrogen and oxygen atoms in total. The Morgan fingerprint density at radius 1 is 1.30 bits per heavy atom. The summed E-state index contributed by atoms with van der Waals surface area (Å²) in [5.74, 6) is 0.0923. The monoisotopic (exact) mass is 451 g/mol. The van der Waals surface area contributed by atoms with E-state index >= 15 is 0 Å². The van der Waals surface area contributed by atoms with Crippen molar-refractivity contribution in [1.82, 2.24) is 10.3 Å². The zero-order valence-electron chi connectivity index (χ0n) is 16.9. The molecule has 0 saturated carbocycles. The van der Waals surface area contributed by atoms with Gasteiger partial charge >= 0.3 is 0 Å². The lowest BCUT2D eigenvalue weighted by molar-refractivity contribution is -0.123. The van der Waals surface area contributed by atoms with Crippen molar-refractivity contribution in [2.45, 2.75) is 45.1 Å². The van der Waals surface area contributed by atoms with Gasteiger partial charge in [-0.15, -0.1) is 0 Å². The van der Waals surface area contributed by atoms with Crippen LogP contribution in [-0.2, 0) is 29.1 Å². The third-order valence-electron chi connectivity index (χ3n) is 4.81. The van der Waals surface area contributed by atoms with Gasteiger partial charge in [0.15, 0.2) is 0 Å². The quantitative estimate of drug-likeness (QED) is 0.625. The number of nitrogens with zero attached hydrogens (tertiary/aromatic N) is 2. The van der Waals surface area contributed by atoms with Gasteiger partial charge in [0, 0.05) is 0 Å². The molecule has 2 aromatic rings. The minimum atomic E-state index is -1.25. The standard InChI is InChI=1S/C21H23Cl2N3O4/c1-21(2,29)19(11-4-5-14(22)15(23)7-11)26-17(28)8-13-6-12-9-24-20(30-3)18(12)16(10-27)25-13/h4-7,19,27,29H,8-10H2,1-3H3,(H,26,28)/t19-/m0/s1. The SMILES string of the molecule is COC1=NCc2cc(CC(=O)N[C@@H](c3ccc(Cl)c(Cl)c3)C(C)(C)O)nc(CO)c21. The summed E-state index contributed by atoms with van der Waals surface area (Å²) in [5, 5.41) is 23.9. The zero-order chi connectivity index (χ0) is 22.1. The Kier molecular flexibility index (Phi) is 6.67. The van der Waals surface area contributed by atoms with Crippen LogP contribution in [0.3, 0.4) is 0 Å². The van der Waals surface area contributed by atoms with Gasteiger partial charge in [0.05, 0.1) is 65.3 Å². The molecule has 30 heavy (non-hydrogen) atoms. The van der Waals surface area contributed by atoms with Gasteiger partial charge in [-0.05, 0) is 43.2 Å². The van der Waals surface area contributed by atoms with Crippen LogP contribution in [0.15, 0.2) is 29.3 Å². The number of rotatable bonds is 6. The van der Waals surface area contributed by atoms with Crippen LogP contribution in [-0.4, -0.2) is 39.7 Å². The highest BCUT2D eigenvalue weighted by Crippen LogP contribution is 2.31. The van der Waals surface area contributed by atoms with E-state index in [0.29, 0.717) is 45.0 Å². The van der Waals surface area contributed by atoms with E-state index in [2.05, 4.69) is 15.3 Å². The number of benzene rings is 1. The smallest absolute Gasteiger partial charge is 0.226 e. The van der Waals surface area contributed by atoms with E-state index in [1.807, 2.05) is 0 Å². The number of hydrogen-bond acceptors (Lipinski definition) is 6. The number of aromatic nitrogens is 1. The topological polar surface area (TPSA) is 104 Å². The fourth-order valence-corrected chi connectivity index (χ4v) is 3.76. The largest absolute Gasteiger partial charge is 0.481 e. The maximum absolute atomic E-state index is 12.8. The molecular weight excluding hydrogens is 429 g/mol. The number of fused-ring (bicyclic) bond motifs is 1. The average Bonchev–Trinajstić information content (AvgIpc) is 3.10. The highest BCUT2D eigenvalue weighted by atomic mass is 35.5. The van der Waals surface area contributed by atoms with Crippen LogP contribution < -0.4 is 5.32 Å².